The Bertz CT molecular complexity index is 546. The Morgan fingerprint density at radius 1 is 1.06 bits per heavy atom. The molecule has 1 aromatic carbocycles. The monoisotopic (exact) mass is 320 g/mol. The summed E-state index contributed by atoms with van der Waals surface area (Å²) >= 11 is 11.5. The van der Waals surface area contributed by atoms with Crippen LogP contribution in [0.3, 0.4) is 0 Å². The van der Waals surface area contributed by atoms with Gasteiger partial charge in [-0.15, -0.1) is 0 Å². The molecule has 0 atom stereocenters. The van der Waals surface area contributed by atoms with Gasteiger partial charge >= 0.3 is 8.26 Å². The van der Waals surface area contributed by atoms with Gasteiger partial charge in [-0.25, -0.2) is 0 Å². The minimum absolute atomic E-state index is 0.522. The van der Waals surface area contributed by atoms with E-state index >= 15 is 0 Å². The van der Waals surface area contributed by atoms with Crippen LogP contribution in [0.2, 0.25) is 10.0 Å². The van der Waals surface area contributed by atoms with Crippen molar-refractivity contribution in [2.75, 3.05) is 0 Å². The lowest BCUT2D eigenvalue weighted by Gasteiger charge is -1.93. The molecule has 0 spiro atoms. The zero-order valence-electron chi connectivity index (χ0n) is 7.45. The number of hydrogen-bond donors (Lipinski definition) is 0. The number of benzene rings is 1. The molecule has 0 aliphatic rings. The highest BCUT2D eigenvalue weighted by molar-refractivity contribution is 8.31. The van der Waals surface area contributed by atoms with E-state index in [2.05, 4.69) is 21.4 Å². The maximum absolute atomic E-state index is 9.16. The Kier molecular flexibility index (Phi) is 4.76. The lowest BCUT2D eigenvalue weighted by molar-refractivity contribution is 0.616. The zero-order chi connectivity index (χ0) is 12.3. The average Bonchev–Trinajstić information content (AvgIpc) is 2.49. The Labute approximate surface area is 111 Å². The molecule has 16 heavy (non-hydrogen) atoms. The summed E-state index contributed by atoms with van der Waals surface area (Å²) in [6.07, 6.45) is 1.61. The summed E-state index contributed by atoms with van der Waals surface area (Å²) in [6.45, 7) is 0. The largest absolute Gasteiger partial charge is 0.464 e. The maximum Gasteiger partial charge on any atom is 0.317 e. The topological polar surface area (TPSA) is 47.3 Å². The molecule has 0 bridgehead atoms. The van der Waals surface area contributed by atoms with Crippen molar-refractivity contribution >= 4 is 63.8 Å². The lowest BCUT2D eigenvalue weighted by Crippen LogP contribution is -1.67. The molecule has 1 heterocycles. The van der Waals surface area contributed by atoms with Crippen LogP contribution in [-0.4, -0.2) is 8.42 Å². The van der Waals surface area contributed by atoms with Gasteiger partial charge in [0.15, 0.2) is 0 Å². The van der Waals surface area contributed by atoms with E-state index in [9.17, 15) is 0 Å². The van der Waals surface area contributed by atoms with Crippen molar-refractivity contribution in [2.45, 2.75) is 0 Å². The van der Waals surface area contributed by atoms with Gasteiger partial charge in [0.2, 0.25) is 0 Å². The Morgan fingerprint density at radius 3 is 2.12 bits per heavy atom. The SMILES string of the molecule is Clc1cc2ccoc2cc1Cl.O=S(=O)(Cl)Cl. The van der Waals surface area contributed by atoms with Crippen molar-refractivity contribution in [2.24, 2.45) is 0 Å². The van der Waals surface area contributed by atoms with Gasteiger partial charge in [-0.1, -0.05) is 23.2 Å². The van der Waals surface area contributed by atoms with Gasteiger partial charge in [-0.05, 0) is 12.1 Å². The molecule has 3 nitrogen and oxygen atoms in total. The van der Waals surface area contributed by atoms with E-state index in [0.717, 1.165) is 11.0 Å². The molecule has 0 aliphatic heterocycles. The number of fused-ring (bicyclic) bond motifs is 1. The van der Waals surface area contributed by atoms with Crippen LogP contribution in [0.15, 0.2) is 28.9 Å². The van der Waals surface area contributed by atoms with Gasteiger partial charge in [0.05, 0.1) is 16.3 Å². The molecule has 0 saturated heterocycles. The maximum atomic E-state index is 9.16. The fraction of sp³-hybridized carbons (Fsp3) is 0. The molecule has 2 rings (SSSR count). The van der Waals surface area contributed by atoms with Crippen LogP contribution in [0, 0.1) is 0 Å². The summed E-state index contributed by atoms with van der Waals surface area (Å²) in [5.74, 6) is 0. The first-order valence-corrected chi connectivity index (χ1v) is 7.63. The number of hydrogen-bond acceptors (Lipinski definition) is 3. The molecule has 0 radical (unpaired) electrons. The third-order valence-corrected chi connectivity index (χ3v) is 2.22. The number of furan rings is 1. The van der Waals surface area contributed by atoms with Crippen molar-refractivity contribution in [3.63, 3.8) is 0 Å². The normalized spacial score (nSPS) is 11.0. The van der Waals surface area contributed by atoms with Crippen LogP contribution >= 0.6 is 44.6 Å². The smallest absolute Gasteiger partial charge is 0.317 e. The van der Waals surface area contributed by atoms with Gasteiger partial charge in [0.1, 0.15) is 5.58 Å². The van der Waals surface area contributed by atoms with Crippen molar-refractivity contribution in [3.8, 4) is 0 Å². The molecular weight excluding hydrogens is 318 g/mol. The molecule has 88 valence electrons. The predicted molar refractivity (Wildman–Crippen MR) is 66.9 cm³/mol. The third-order valence-electron chi connectivity index (χ3n) is 1.50. The Balaban J connectivity index is 0.000000221. The van der Waals surface area contributed by atoms with E-state index in [0.29, 0.717) is 10.0 Å². The average molecular weight is 322 g/mol. The highest BCUT2D eigenvalue weighted by Gasteiger charge is 2.01. The Hall–Kier alpha value is -0.130. The second kappa shape index (κ2) is 5.47. The van der Waals surface area contributed by atoms with E-state index in [1.165, 1.54) is 0 Å². The molecule has 0 N–H and O–H groups in total. The molecular formula is C8H4Cl4O3S. The van der Waals surface area contributed by atoms with Crippen molar-refractivity contribution < 1.29 is 12.8 Å². The molecule has 0 fully saturated rings. The first kappa shape index (κ1) is 13.9. The van der Waals surface area contributed by atoms with Gasteiger partial charge < -0.3 is 4.42 Å². The summed E-state index contributed by atoms with van der Waals surface area (Å²) in [5.41, 5.74) is 0.763. The second-order valence-electron chi connectivity index (χ2n) is 2.60. The van der Waals surface area contributed by atoms with Crippen molar-refractivity contribution in [1.82, 2.24) is 0 Å². The predicted octanol–water partition coefficient (Wildman–Crippen LogP) is 4.45. The van der Waals surface area contributed by atoms with E-state index in [4.69, 9.17) is 36.0 Å². The molecule has 0 amide bonds. The minimum Gasteiger partial charge on any atom is -0.464 e. The summed E-state index contributed by atoms with van der Waals surface area (Å²) in [4.78, 5) is 0. The van der Waals surface area contributed by atoms with E-state index in [1.807, 2.05) is 6.07 Å². The van der Waals surface area contributed by atoms with Crippen LogP contribution in [0.4, 0.5) is 0 Å². The number of rotatable bonds is 0. The van der Waals surface area contributed by atoms with E-state index in [1.54, 1.807) is 18.4 Å². The van der Waals surface area contributed by atoms with Crippen LogP contribution in [0.25, 0.3) is 11.0 Å². The number of halogens is 4. The molecule has 0 saturated carbocycles. The molecule has 8 heteroatoms. The Morgan fingerprint density at radius 2 is 1.56 bits per heavy atom. The van der Waals surface area contributed by atoms with Gasteiger partial charge in [-0.2, -0.15) is 8.42 Å². The second-order valence-corrected chi connectivity index (χ2v) is 7.09. The van der Waals surface area contributed by atoms with Crippen LogP contribution in [0.5, 0.6) is 0 Å². The minimum atomic E-state index is -3.72. The van der Waals surface area contributed by atoms with Crippen LogP contribution in [0.1, 0.15) is 0 Å². The summed E-state index contributed by atoms with van der Waals surface area (Å²) in [5, 5.41) is 2.05. The van der Waals surface area contributed by atoms with Gasteiger partial charge in [-0.3, -0.25) is 0 Å². The molecule has 0 aliphatic carbocycles. The standard InChI is InChI=1S/C8H4Cl2O.Cl2O2S/c9-6-3-5-1-2-11-8(5)4-7(6)10;1-5(2,3)4/h1-4H;. The van der Waals surface area contributed by atoms with Crippen molar-refractivity contribution in [1.29, 1.82) is 0 Å². The summed E-state index contributed by atoms with van der Waals surface area (Å²) < 4.78 is 23.4. The molecule has 2 aromatic rings. The lowest BCUT2D eigenvalue weighted by atomic mass is 10.3. The van der Waals surface area contributed by atoms with Gasteiger partial charge in [0.25, 0.3) is 0 Å². The van der Waals surface area contributed by atoms with E-state index < -0.39 is 8.26 Å². The molecule has 1 aromatic heterocycles. The third kappa shape index (κ3) is 4.80. The van der Waals surface area contributed by atoms with Gasteiger partial charge in [0, 0.05) is 32.8 Å². The van der Waals surface area contributed by atoms with E-state index in [-0.39, 0.29) is 0 Å². The van der Waals surface area contributed by atoms with Crippen molar-refractivity contribution in [3.05, 3.63) is 34.5 Å². The fourth-order valence-electron chi connectivity index (χ4n) is 0.957. The fourth-order valence-corrected chi connectivity index (χ4v) is 1.28. The molecule has 0 unspecified atom stereocenters. The first-order chi connectivity index (χ1) is 7.27. The quantitative estimate of drug-likeness (QED) is 0.673. The van der Waals surface area contributed by atoms with Crippen LogP contribution in [-0.2, 0) is 8.26 Å². The highest BCUT2D eigenvalue weighted by Crippen LogP contribution is 2.27. The zero-order valence-corrected chi connectivity index (χ0v) is 11.3. The summed E-state index contributed by atoms with van der Waals surface area (Å²) in [7, 11) is 4.81. The van der Waals surface area contributed by atoms with Crippen LogP contribution < -0.4 is 0 Å². The first-order valence-electron chi connectivity index (χ1n) is 3.74. The highest BCUT2D eigenvalue weighted by atomic mass is 36.0. The summed E-state index contributed by atoms with van der Waals surface area (Å²) in [6, 6.07) is 5.33.